The van der Waals surface area contributed by atoms with Gasteiger partial charge in [-0.25, -0.2) is 9.78 Å². The third-order valence-corrected chi connectivity index (χ3v) is 3.89. The van der Waals surface area contributed by atoms with Crippen molar-refractivity contribution in [1.29, 1.82) is 0 Å². The lowest BCUT2D eigenvalue weighted by atomic mass is 10.1. The van der Waals surface area contributed by atoms with Gasteiger partial charge in [-0.2, -0.15) is 0 Å². The number of hydrogen-bond acceptors (Lipinski definition) is 5. The molecule has 134 valence electrons. The van der Waals surface area contributed by atoms with Crippen LogP contribution in [-0.2, 0) is 11.2 Å². The molecule has 1 unspecified atom stereocenters. The molecule has 2 rings (SSSR count). The Bertz CT molecular complexity index is 750. The minimum absolute atomic E-state index is 0.0873. The molecule has 2 aromatic rings. The lowest BCUT2D eigenvalue weighted by Crippen LogP contribution is -2.17. The van der Waals surface area contributed by atoms with Crippen LogP contribution in [0.2, 0.25) is 5.02 Å². The SMILES string of the molecule is CCc1ccc(OC)c(C(COC)Oc2ccc(C(=O)O)cc2Cl)n1. The van der Waals surface area contributed by atoms with Gasteiger partial charge < -0.3 is 19.3 Å². The molecule has 1 atom stereocenters. The number of hydrogen-bond donors (Lipinski definition) is 1. The van der Waals surface area contributed by atoms with Crippen LogP contribution in [-0.4, -0.2) is 36.9 Å². The van der Waals surface area contributed by atoms with Gasteiger partial charge in [0.2, 0.25) is 0 Å². The van der Waals surface area contributed by atoms with Crippen LogP contribution in [0.15, 0.2) is 30.3 Å². The summed E-state index contributed by atoms with van der Waals surface area (Å²) in [7, 11) is 3.12. The quantitative estimate of drug-likeness (QED) is 0.767. The number of aryl methyl sites for hydroxylation is 1. The zero-order valence-corrected chi connectivity index (χ0v) is 15.0. The number of ether oxygens (including phenoxy) is 3. The largest absolute Gasteiger partial charge is 0.495 e. The number of nitrogens with zero attached hydrogens (tertiary/aromatic N) is 1. The number of rotatable bonds is 8. The van der Waals surface area contributed by atoms with E-state index in [0.717, 1.165) is 12.1 Å². The van der Waals surface area contributed by atoms with Crippen LogP contribution in [0.1, 0.15) is 34.8 Å². The molecule has 1 N–H and O–H groups in total. The van der Waals surface area contributed by atoms with Crippen molar-refractivity contribution in [2.75, 3.05) is 20.8 Å². The van der Waals surface area contributed by atoms with Gasteiger partial charge in [-0.05, 0) is 36.8 Å². The van der Waals surface area contributed by atoms with Gasteiger partial charge in [0.05, 0.1) is 24.3 Å². The highest BCUT2D eigenvalue weighted by atomic mass is 35.5. The van der Waals surface area contributed by atoms with Gasteiger partial charge in [0, 0.05) is 12.8 Å². The fourth-order valence-electron chi connectivity index (χ4n) is 2.31. The van der Waals surface area contributed by atoms with Crippen molar-refractivity contribution in [3.05, 3.63) is 52.3 Å². The molecular weight excluding hydrogens is 346 g/mol. The van der Waals surface area contributed by atoms with Gasteiger partial charge in [0.25, 0.3) is 0 Å². The summed E-state index contributed by atoms with van der Waals surface area (Å²) in [6.07, 6.45) is 0.213. The lowest BCUT2D eigenvalue weighted by Gasteiger charge is -2.21. The molecule has 0 amide bonds. The van der Waals surface area contributed by atoms with Crippen LogP contribution >= 0.6 is 11.6 Å². The molecule has 0 saturated carbocycles. The number of benzene rings is 1. The molecule has 0 bridgehead atoms. The van der Waals surface area contributed by atoms with Crippen LogP contribution in [0.4, 0.5) is 0 Å². The number of carboxylic acid groups (broad SMARTS) is 1. The maximum atomic E-state index is 11.0. The van der Waals surface area contributed by atoms with E-state index in [1.54, 1.807) is 14.2 Å². The molecule has 0 fully saturated rings. The van der Waals surface area contributed by atoms with E-state index in [9.17, 15) is 4.79 Å². The minimum Gasteiger partial charge on any atom is -0.495 e. The first kappa shape index (κ1) is 19.0. The third kappa shape index (κ3) is 4.61. The number of carboxylic acids is 1. The Morgan fingerprint density at radius 3 is 2.52 bits per heavy atom. The second-order valence-electron chi connectivity index (χ2n) is 5.26. The van der Waals surface area contributed by atoms with E-state index in [2.05, 4.69) is 4.98 Å². The molecule has 0 saturated heterocycles. The fourth-order valence-corrected chi connectivity index (χ4v) is 2.53. The van der Waals surface area contributed by atoms with E-state index in [1.807, 2.05) is 19.1 Å². The number of halogens is 1. The highest BCUT2D eigenvalue weighted by Gasteiger charge is 2.22. The van der Waals surface area contributed by atoms with Gasteiger partial charge in [0.1, 0.15) is 17.2 Å². The smallest absolute Gasteiger partial charge is 0.335 e. The molecule has 1 heterocycles. The van der Waals surface area contributed by atoms with E-state index >= 15 is 0 Å². The lowest BCUT2D eigenvalue weighted by molar-refractivity contribution is 0.0695. The van der Waals surface area contributed by atoms with E-state index < -0.39 is 12.1 Å². The Labute approximate surface area is 151 Å². The predicted octanol–water partition coefficient (Wildman–Crippen LogP) is 3.77. The number of pyridine rings is 1. The second kappa shape index (κ2) is 8.69. The van der Waals surface area contributed by atoms with Crippen LogP contribution in [0.5, 0.6) is 11.5 Å². The van der Waals surface area contributed by atoms with Crippen molar-refractivity contribution in [1.82, 2.24) is 4.98 Å². The summed E-state index contributed by atoms with van der Waals surface area (Å²) < 4.78 is 16.6. The van der Waals surface area contributed by atoms with Crippen molar-refractivity contribution in [2.45, 2.75) is 19.4 Å². The minimum atomic E-state index is -1.05. The normalized spacial score (nSPS) is 11.8. The van der Waals surface area contributed by atoms with E-state index in [4.69, 9.17) is 30.9 Å². The molecule has 25 heavy (non-hydrogen) atoms. The van der Waals surface area contributed by atoms with E-state index in [-0.39, 0.29) is 17.2 Å². The summed E-state index contributed by atoms with van der Waals surface area (Å²) in [5.74, 6) is -0.127. The fraction of sp³-hybridized carbons (Fsp3) is 0.333. The molecule has 1 aromatic heterocycles. The van der Waals surface area contributed by atoms with Crippen LogP contribution in [0, 0.1) is 0 Å². The highest BCUT2D eigenvalue weighted by Crippen LogP contribution is 2.33. The standard InChI is InChI=1S/C18H20ClNO5/c1-4-12-6-8-15(24-3)17(20-12)16(10-23-2)25-14-7-5-11(18(21)22)9-13(14)19/h5-9,16H,4,10H2,1-3H3,(H,21,22). The summed E-state index contributed by atoms with van der Waals surface area (Å²) in [6.45, 7) is 2.24. The van der Waals surface area contributed by atoms with Gasteiger partial charge in [-0.3, -0.25) is 0 Å². The van der Waals surface area contributed by atoms with Crippen molar-refractivity contribution in [3.63, 3.8) is 0 Å². The highest BCUT2D eigenvalue weighted by molar-refractivity contribution is 6.32. The van der Waals surface area contributed by atoms with Crippen LogP contribution in [0.25, 0.3) is 0 Å². The summed E-state index contributed by atoms with van der Waals surface area (Å²) >= 11 is 6.16. The first-order chi connectivity index (χ1) is 12.0. The van der Waals surface area contributed by atoms with E-state index in [0.29, 0.717) is 17.2 Å². The molecular formula is C18H20ClNO5. The first-order valence-corrected chi connectivity index (χ1v) is 8.10. The zero-order valence-electron chi connectivity index (χ0n) is 14.3. The van der Waals surface area contributed by atoms with Crippen molar-refractivity contribution < 1.29 is 24.1 Å². The number of methoxy groups -OCH3 is 2. The maximum absolute atomic E-state index is 11.0. The first-order valence-electron chi connectivity index (χ1n) is 7.72. The number of aromatic nitrogens is 1. The van der Waals surface area contributed by atoms with Gasteiger partial charge in [-0.1, -0.05) is 18.5 Å². The van der Waals surface area contributed by atoms with Crippen LogP contribution < -0.4 is 9.47 Å². The van der Waals surface area contributed by atoms with Gasteiger partial charge >= 0.3 is 5.97 Å². The Morgan fingerprint density at radius 2 is 1.96 bits per heavy atom. The van der Waals surface area contributed by atoms with Crippen molar-refractivity contribution in [2.24, 2.45) is 0 Å². The average Bonchev–Trinajstić information content (AvgIpc) is 2.62. The topological polar surface area (TPSA) is 77.9 Å². The zero-order chi connectivity index (χ0) is 18.4. The Hall–Kier alpha value is -2.31. The third-order valence-electron chi connectivity index (χ3n) is 3.60. The molecule has 0 aliphatic rings. The predicted molar refractivity (Wildman–Crippen MR) is 93.8 cm³/mol. The van der Waals surface area contributed by atoms with Crippen molar-refractivity contribution in [3.8, 4) is 11.5 Å². The van der Waals surface area contributed by atoms with E-state index in [1.165, 1.54) is 18.2 Å². The molecule has 6 nitrogen and oxygen atoms in total. The summed E-state index contributed by atoms with van der Waals surface area (Å²) in [5.41, 5.74) is 1.58. The monoisotopic (exact) mass is 365 g/mol. The molecule has 0 radical (unpaired) electrons. The Morgan fingerprint density at radius 1 is 1.24 bits per heavy atom. The van der Waals surface area contributed by atoms with Crippen LogP contribution in [0.3, 0.4) is 0 Å². The van der Waals surface area contributed by atoms with Crippen molar-refractivity contribution >= 4 is 17.6 Å². The number of aromatic carboxylic acids is 1. The summed E-state index contributed by atoms with van der Waals surface area (Å²) in [4.78, 5) is 15.6. The van der Waals surface area contributed by atoms with Gasteiger partial charge in [-0.15, -0.1) is 0 Å². The Balaban J connectivity index is 2.37. The molecule has 1 aromatic carbocycles. The summed E-state index contributed by atoms with van der Waals surface area (Å²) in [6, 6.07) is 8.02. The average molecular weight is 366 g/mol. The summed E-state index contributed by atoms with van der Waals surface area (Å²) in [5, 5.41) is 9.22. The molecule has 0 spiro atoms. The second-order valence-corrected chi connectivity index (χ2v) is 5.66. The number of carbonyl (C=O) groups is 1. The molecule has 0 aliphatic carbocycles. The van der Waals surface area contributed by atoms with Gasteiger partial charge in [0.15, 0.2) is 6.10 Å². The maximum Gasteiger partial charge on any atom is 0.335 e. The molecule has 7 heteroatoms. The Kier molecular flexibility index (Phi) is 6.61. The molecule has 0 aliphatic heterocycles.